The van der Waals surface area contributed by atoms with Gasteiger partial charge in [-0.05, 0) is 51.8 Å². The number of fused-ring (bicyclic) bond motifs is 1. The van der Waals surface area contributed by atoms with Crippen LogP contribution in [-0.4, -0.2) is 12.5 Å². The standard InChI is InChI=1S/C18H13BrClNO2/c1-2-7-23-17-6-3-11(9-15(17)19)8-14-13-5-4-12(20)10-16(13)21-18(14)22/h2-6,8-10H,1,7H2,(H,21,22)/b14-8+. The largest absolute Gasteiger partial charge is 0.488 e. The number of carbonyl (C=O) groups excluding carboxylic acids is 1. The molecule has 2 aromatic carbocycles. The smallest absolute Gasteiger partial charge is 0.256 e. The number of halogens is 2. The molecule has 0 unspecified atom stereocenters. The van der Waals surface area contributed by atoms with Crippen LogP contribution in [0.25, 0.3) is 11.6 Å². The Balaban J connectivity index is 1.95. The van der Waals surface area contributed by atoms with Crippen LogP contribution >= 0.6 is 27.5 Å². The molecule has 1 aliphatic rings. The van der Waals surface area contributed by atoms with Gasteiger partial charge in [0.1, 0.15) is 12.4 Å². The summed E-state index contributed by atoms with van der Waals surface area (Å²) >= 11 is 9.44. The summed E-state index contributed by atoms with van der Waals surface area (Å²) in [6, 6.07) is 11.0. The molecule has 5 heteroatoms. The van der Waals surface area contributed by atoms with E-state index in [0.717, 1.165) is 27.0 Å². The fraction of sp³-hybridized carbons (Fsp3) is 0.0556. The highest BCUT2D eigenvalue weighted by Gasteiger charge is 2.24. The number of hydrogen-bond donors (Lipinski definition) is 1. The van der Waals surface area contributed by atoms with Crippen LogP contribution in [0.15, 0.2) is 53.5 Å². The highest BCUT2D eigenvalue weighted by atomic mass is 79.9. The molecule has 3 rings (SSSR count). The van der Waals surface area contributed by atoms with E-state index in [1.54, 1.807) is 18.2 Å². The lowest BCUT2D eigenvalue weighted by atomic mass is 10.0. The molecule has 0 saturated heterocycles. The first kappa shape index (κ1) is 15.8. The van der Waals surface area contributed by atoms with Crippen molar-refractivity contribution in [1.29, 1.82) is 0 Å². The van der Waals surface area contributed by atoms with Gasteiger partial charge in [-0.3, -0.25) is 4.79 Å². The fourth-order valence-electron chi connectivity index (χ4n) is 2.35. The van der Waals surface area contributed by atoms with Gasteiger partial charge in [-0.2, -0.15) is 0 Å². The second kappa shape index (κ2) is 6.60. The van der Waals surface area contributed by atoms with Crippen LogP contribution in [0.5, 0.6) is 5.75 Å². The van der Waals surface area contributed by atoms with Crippen LogP contribution in [0, 0.1) is 0 Å². The van der Waals surface area contributed by atoms with Crippen molar-refractivity contribution < 1.29 is 9.53 Å². The van der Waals surface area contributed by atoms with Crippen molar-refractivity contribution in [1.82, 2.24) is 0 Å². The van der Waals surface area contributed by atoms with Gasteiger partial charge >= 0.3 is 0 Å². The van der Waals surface area contributed by atoms with E-state index in [1.807, 2.05) is 30.3 Å². The summed E-state index contributed by atoms with van der Waals surface area (Å²) in [5.74, 6) is 0.598. The monoisotopic (exact) mass is 389 g/mol. The predicted molar refractivity (Wildman–Crippen MR) is 97.8 cm³/mol. The number of anilines is 1. The van der Waals surface area contributed by atoms with Gasteiger partial charge in [-0.25, -0.2) is 0 Å². The summed E-state index contributed by atoms with van der Waals surface area (Å²) in [4.78, 5) is 12.2. The van der Waals surface area contributed by atoms with E-state index < -0.39 is 0 Å². The van der Waals surface area contributed by atoms with Crippen molar-refractivity contribution in [3.05, 3.63) is 69.7 Å². The Hall–Kier alpha value is -2.04. The van der Waals surface area contributed by atoms with Crippen molar-refractivity contribution in [3.63, 3.8) is 0 Å². The number of hydrogen-bond acceptors (Lipinski definition) is 2. The Morgan fingerprint density at radius 2 is 2.09 bits per heavy atom. The van der Waals surface area contributed by atoms with Gasteiger partial charge in [-0.1, -0.05) is 36.4 Å². The first-order chi connectivity index (χ1) is 11.1. The topological polar surface area (TPSA) is 38.3 Å². The molecular weight excluding hydrogens is 378 g/mol. The lowest BCUT2D eigenvalue weighted by molar-refractivity contribution is -0.110. The molecule has 3 nitrogen and oxygen atoms in total. The number of benzene rings is 2. The van der Waals surface area contributed by atoms with E-state index in [-0.39, 0.29) is 5.91 Å². The molecule has 1 heterocycles. The summed E-state index contributed by atoms with van der Waals surface area (Å²) in [6.45, 7) is 4.06. The van der Waals surface area contributed by atoms with E-state index in [4.69, 9.17) is 16.3 Å². The number of amides is 1. The van der Waals surface area contributed by atoms with E-state index in [0.29, 0.717) is 17.2 Å². The minimum Gasteiger partial charge on any atom is -0.488 e. The van der Waals surface area contributed by atoms with Crippen molar-refractivity contribution in [2.75, 3.05) is 11.9 Å². The normalized spacial score (nSPS) is 14.5. The average Bonchev–Trinajstić information content (AvgIpc) is 2.81. The first-order valence-electron chi connectivity index (χ1n) is 6.94. The second-order valence-electron chi connectivity index (χ2n) is 4.99. The summed E-state index contributed by atoms with van der Waals surface area (Å²) < 4.78 is 6.34. The molecule has 1 amide bonds. The Morgan fingerprint density at radius 1 is 1.26 bits per heavy atom. The molecule has 0 spiro atoms. The van der Waals surface area contributed by atoms with E-state index >= 15 is 0 Å². The Labute approximate surface area is 147 Å². The Kier molecular flexibility index (Phi) is 4.55. The van der Waals surface area contributed by atoms with Crippen molar-refractivity contribution in [2.24, 2.45) is 0 Å². The molecular formula is C18H13BrClNO2. The van der Waals surface area contributed by atoms with Gasteiger partial charge in [0.15, 0.2) is 0 Å². The molecule has 0 fully saturated rings. The van der Waals surface area contributed by atoms with Crippen molar-refractivity contribution >= 4 is 50.8 Å². The molecule has 0 atom stereocenters. The van der Waals surface area contributed by atoms with Gasteiger partial charge < -0.3 is 10.1 Å². The van der Waals surface area contributed by atoms with Gasteiger partial charge in [0.2, 0.25) is 0 Å². The zero-order valence-electron chi connectivity index (χ0n) is 12.1. The maximum absolute atomic E-state index is 12.2. The molecule has 116 valence electrons. The lowest BCUT2D eigenvalue weighted by Crippen LogP contribution is -2.03. The van der Waals surface area contributed by atoms with Crippen LogP contribution in [0.1, 0.15) is 11.1 Å². The number of rotatable bonds is 4. The third-order valence-electron chi connectivity index (χ3n) is 3.39. The molecule has 23 heavy (non-hydrogen) atoms. The minimum atomic E-state index is -0.134. The molecule has 0 aliphatic carbocycles. The highest BCUT2D eigenvalue weighted by Crippen LogP contribution is 2.35. The lowest BCUT2D eigenvalue weighted by Gasteiger charge is -2.07. The third-order valence-corrected chi connectivity index (χ3v) is 4.24. The van der Waals surface area contributed by atoms with Gasteiger partial charge in [0.05, 0.1) is 10.2 Å². The maximum Gasteiger partial charge on any atom is 0.256 e. The first-order valence-corrected chi connectivity index (χ1v) is 8.12. The zero-order chi connectivity index (χ0) is 16.4. The number of ether oxygens (including phenoxy) is 1. The summed E-state index contributed by atoms with van der Waals surface area (Å²) in [5, 5.41) is 3.42. The Bertz CT molecular complexity index is 830. The summed E-state index contributed by atoms with van der Waals surface area (Å²) in [5.41, 5.74) is 3.10. The highest BCUT2D eigenvalue weighted by molar-refractivity contribution is 9.10. The Morgan fingerprint density at radius 3 is 2.83 bits per heavy atom. The molecule has 1 N–H and O–H groups in total. The van der Waals surface area contributed by atoms with E-state index in [1.165, 1.54) is 0 Å². The van der Waals surface area contributed by atoms with E-state index in [9.17, 15) is 4.79 Å². The van der Waals surface area contributed by atoms with E-state index in [2.05, 4.69) is 27.8 Å². The van der Waals surface area contributed by atoms with Gasteiger partial charge in [0.25, 0.3) is 5.91 Å². The summed E-state index contributed by atoms with van der Waals surface area (Å²) in [6.07, 6.45) is 3.53. The molecule has 0 bridgehead atoms. The van der Waals surface area contributed by atoms with Gasteiger partial charge in [-0.15, -0.1) is 0 Å². The fourth-order valence-corrected chi connectivity index (χ4v) is 3.03. The number of nitrogens with one attached hydrogen (secondary N) is 1. The number of carbonyl (C=O) groups is 1. The van der Waals surface area contributed by atoms with Crippen LogP contribution in [0.2, 0.25) is 5.02 Å². The van der Waals surface area contributed by atoms with Crippen LogP contribution in [0.4, 0.5) is 5.69 Å². The van der Waals surface area contributed by atoms with Crippen LogP contribution < -0.4 is 10.1 Å². The molecule has 1 aliphatic heterocycles. The summed E-state index contributed by atoms with van der Waals surface area (Å²) in [7, 11) is 0. The van der Waals surface area contributed by atoms with Crippen molar-refractivity contribution in [3.8, 4) is 5.75 Å². The average molecular weight is 391 g/mol. The molecule has 0 radical (unpaired) electrons. The molecule has 2 aromatic rings. The second-order valence-corrected chi connectivity index (χ2v) is 6.28. The minimum absolute atomic E-state index is 0.134. The quantitative estimate of drug-likeness (QED) is 0.578. The maximum atomic E-state index is 12.2. The third kappa shape index (κ3) is 3.33. The zero-order valence-corrected chi connectivity index (χ0v) is 14.4. The molecule has 0 saturated carbocycles. The predicted octanol–water partition coefficient (Wildman–Crippen LogP) is 5.16. The SMILES string of the molecule is C=CCOc1ccc(/C=C2/C(=O)Nc3cc(Cl)ccc32)cc1Br. The van der Waals surface area contributed by atoms with Crippen molar-refractivity contribution in [2.45, 2.75) is 0 Å². The van der Waals surface area contributed by atoms with Gasteiger partial charge in [0, 0.05) is 16.2 Å². The van der Waals surface area contributed by atoms with Crippen LogP contribution in [-0.2, 0) is 4.79 Å². The van der Waals surface area contributed by atoms with Crippen LogP contribution in [0.3, 0.4) is 0 Å². The molecule has 0 aromatic heterocycles.